The van der Waals surface area contributed by atoms with Crippen LogP contribution in [0.3, 0.4) is 0 Å². The van der Waals surface area contributed by atoms with Crippen molar-refractivity contribution >= 4 is 16.6 Å². The van der Waals surface area contributed by atoms with Gasteiger partial charge in [0, 0.05) is 26.1 Å². The van der Waals surface area contributed by atoms with E-state index in [1.54, 1.807) is 20.5 Å². The maximum absolute atomic E-state index is 6.94. The SMILES string of the molecule is COC(OC)[C@@H]1[C@@H](O[Si](C)(C)C(C)(C)C)[C@@H]2C[C@H]1[C@@]1(O[Si](C)(C)C)C=COC1O2. The van der Waals surface area contributed by atoms with Crippen LogP contribution in [0, 0.1) is 11.8 Å². The summed E-state index contributed by atoms with van der Waals surface area (Å²) < 4.78 is 37.7. The minimum absolute atomic E-state index is 0.00294. The number of fused-ring (bicyclic) bond motifs is 4. The molecule has 0 spiro atoms. The summed E-state index contributed by atoms with van der Waals surface area (Å²) in [6.45, 7) is 18.0. The Kier molecular flexibility index (Phi) is 6.24. The van der Waals surface area contributed by atoms with Crippen LogP contribution in [0.4, 0.5) is 0 Å². The Morgan fingerprint density at radius 3 is 2.21 bits per heavy atom. The van der Waals surface area contributed by atoms with Gasteiger partial charge in [0.1, 0.15) is 5.60 Å². The molecule has 2 fully saturated rings. The molecular weight excluding hydrogens is 404 g/mol. The molecule has 1 saturated carbocycles. The molecule has 1 unspecified atom stereocenters. The van der Waals surface area contributed by atoms with Gasteiger partial charge in [-0.3, -0.25) is 0 Å². The Balaban J connectivity index is 2.02. The fourth-order valence-electron chi connectivity index (χ4n) is 4.75. The predicted molar refractivity (Wildman–Crippen MR) is 118 cm³/mol. The van der Waals surface area contributed by atoms with E-state index in [1.165, 1.54) is 0 Å². The van der Waals surface area contributed by atoms with E-state index < -0.39 is 34.8 Å². The lowest BCUT2D eigenvalue weighted by Gasteiger charge is -2.46. The molecule has 168 valence electrons. The van der Waals surface area contributed by atoms with Crippen LogP contribution >= 0.6 is 0 Å². The zero-order valence-corrected chi connectivity index (χ0v) is 21.8. The Labute approximate surface area is 178 Å². The fourth-order valence-corrected chi connectivity index (χ4v) is 7.47. The standard InChI is InChI=1S/C21H40O6Si2/c1-20(2,3)29(9,10)26-17-15-13-14(16(17)18(22-4)23-5)21(27-28(6,7)8)11-12-24-19(21)25-15/h11-12,14-19H,13H2,1-10H3/t14-,15+,16+,17+,19?,21+/m1/s1. The van der Waals surface area contributed by atoms with Gasteiger partial charge < -0.3 is 27.8 Å². The van der Waals surface area contributed by atoms with Crippen molar-refractivity contribution < 1.29 is 27.8 Å². The normalized spacial score (nSPS) is 37.1. The molecule has 29 heavy (non-hydrogen) atoms. The largest absolute Gasteiger partial charge is 0.469 e. The van der Waals surface area contributed by atoms with Gasteiger partial charge in [-0.15, -0.1) is 0 Å². The molecule has 0 N–H and O–H groups in total. The number of hydrogen-bond donors (Lipinski definition) is 0. The minimum Gasteiger partial charge on any atom is -0.469 e. The number of rotatable bonds is 7. The van der Waals surface area contributed by atoms with Crippen molar-refractivity contribution in [1.29, 1.82) is 0 Å². The quantitative estimate of drug-likeness (QED) is 0.426. The molecular formula is C21H40O6Si2. The van der Waals surface area contributed by atoms with E-state index in [0.29, 0.717) is 0 Å². The summed E-state index contributed by atoms with van der Waals surface area (Å²) >= 11 is 0. The van der Waals surface area contributed by atoms with Crippen LogP contribution in [-0.2, 0) is 27.8 Å². The highest BCUT2D eigenvalue weighted by Gasteiger charge is 2.67. The van der Waals surface area contributed by atoms with Gasteiger partial charge in [-0.2, -0.15) is 0 Å². The van der Waals surface area contributed by atoms with Crippen LogP contribution in [-0.4, -0.2) is 61.2 Å². The van der Waals surface area contributed by atoms with Crippen molar-refractivity contribution in [2.45, 2.75) is 95.4 Å². The second-order valence-corrected chi connectivity index (χ2v) is 20.3. The van der Waals surface area contributed by atoms with Gasteiger partial charge in [0.25, 0.3) is 0 Å². The van der Waals surface area contributed by atoms with Crippen LogP contribution in [0.25, 0.3) is 0 Å². The minimum atomic E-state index is -2.03. The topological polar surface area (TPSA) is 55.4 Å². The van der Waals surface area contributed by atoms with E-state index in [-0.39, 0.29) is 29.1 Å². The molecule has 0 aromatic rings. The third kappa shape index (κ3) is 4.14. The molecule has 0 aromatic carbocycles. The second-order valence-electron chi connectivity index (χ2n) is 11.1. The van der Waals surface area contributed by atoms with E-state index in [9.17, 15) is 0 Å². The van der Waals surface area contributed by atoms with Crippen molar-refractivity contribution in [3.05, 3.63) is 12.3 Å². The third-order valence-electron chi connectivity index (χ3n) is 6.97. The maximum Gasteiger partial charge on any atom is 0.231 e. The monoisotopic (exact) mass is 444 g/mol. The van der Waals surface area contributed by atoms with Gasteiger partial charge in [0.05, 0.1) is 18.5 Å². The van der Waals surface area contributed by atoms with Crippen molar-refractivity contribution in [2.24, 2.45) is 11.8 Å². The first-order chi connectivity index (χ1) is 13.3. The summed E-state index contributed by atoms with van der Waals surface area (Å²) in [5.74, 6) is 0.133. The molecule has 2 aliphatic heterocycles. The third-order valence-corrected chi connectivity index (χ3v) is 12.4. The summed E-state index contributed by atoms with van der Waals surface area (Å²) in [7, 11) is -0.521. The Morgan fingerprint density at radius 2 is 1.69 bits per heavy atom. The highest BCUT2D eigenvalue weighted by molar-refractivity contribution is 6.74. The fraction of sp³-hybridized carbons (Fsp3) is 0.905. The van der Waals surface area contributed by atoms with Crippen molar-refractivity contribution in [2.75, 3.05) is 14.2 Å². The highest BCUT2D eigenvalue weighted by Crippen LogP contribution is 2.56. The first-order valence-electron chi connectivity index (χ1n) is 10.7. The zero-order chi connectivity index (χ0) is 21.8. The second kappa shape index (κ2) is 7.72. The van der Waals surface area contributed by atoms with Gasteiger partial charge in [-0.25, -0.2) is 0 Å². The van der Waals surface area contributed by atoms with Crippen molar-refractivity contribution in [1.82, 2.24) is 0 Å². The molecule has 3 aliphatic rings. The summed E-state index contributed by atoms with van der Waals surface area (Å²) in [4.78, 5) is 0. The Bertz CT molecular complexity index is 622. The average molecular weight is 445 g/mol. The van der Waals surface area contributed by atoms with Crippen LogP contribution < -0.4 is 0 Å². The van der Waals surface area contributed by atoms with Gasteiger partial charge in [0.2, 0.25) is 6.29 Å². The first-order valence-corrected chi connectivity index (χ1v) is 17.0. The number of methoxy groups -OCH3 is 2. The summed E-state index contributed by atoms with van der Waals surface area (Å²) in [5, 5.41) is 0.0999. The number of ether oxygens (including phenoxy) is 4. The summed E-state index contributed by atoms with van der Waals surface area (Å²) in [5.41, 5.74) is -0.619. The summed E-state index contributed by atoms with van der Waals surface area (Å²) in [6, 6.07) is 0. The van der Waals surface area contributed by atoms with E-state index in [0.717, 1.165) is 6.42 Å². The van der Waals surface area contributed by atoms with Crippen LogP contribution in [0.15, 0.2) is 12.3 Å². The van der Waals surface area contributed by atoms with Gasteiger partial charge in [0.15, 0.2) is 22.9 Å². The molecule has 1 aliphatic carbocycles. The smallest absolute Gasteiger partial charge is 0.231 e. The van der Waals surface area contributed by atoms with Gasteiger partial charge in [-0.05, 0) is 50.3 Å². The first kappa shape index (κ1) is 23.4. The molecule has 0 amide bonds. The lowest BCUT2D eigenvalue weighted by Crippen LogP contribution is -2.58. The molecule has 6 nitrogen and oxygen atoms in total. The molecule has 2 heterocycles. The van der Waals surface area contributed by atoms with Crippen LogP contribution in [0.2, 0.25) is 37.8 Å². The highest BCUT2D eigenvalue weighted by atomic mass is 28.4. The molecule has 1 saturated heterocycles. The summed E-state index contributed by atoms with van der Waals surface area (Å²) in [6.07, 6.45) is 3.63. The lowest BCUT2D eigenvalue weighted by atomic mass is 9.78. The number of hydrogen-bond acceptors (Lipinski definition) is 6. The lowest BCUT2D eigenvalue weighted by molar-refractivity contribution is -0.239. The van der Waals surface area contributed by atoms with E-state index in [4.69, 9.17) is 27.8 Å². The van der Waals surface area contributed by atoms with E-state index >= 15 is 0 Å². The van der Waals surface area contributed by atoms with Gasteiger partial charge >= 0.3 is 0 Å². The van der Waals surface area contributed by atoms with E-state index in [2.05, 4.69) is 59.6 Å². The molecule has 0 radical (unpaired) electrons. The maximum atomic E-state index is 6.94. The van der Waals surface area contributed by atoms with Gasteiger partial charge in [-0.1, -0.05) is 20.8 Å². The van der Waals surface area contributed by atoms with Crippen LogP contribution in [0.1, 0.15) is 27.2 Å². The van der Waals surface area contributed by atoms with E-state index in [1.807, 2.05) is 0 Å². The molecule has 2 bridgehead atoms. The Hall–Kier alpha value is -0.226. The molecule has 8 heteroatoms. The van der Waals surface area contributed by atoms with Crippen molar-refractivity contribution in [3.8, 4) is 0 Å². The van der Waals surface area contributed by atoms with Crippen molar-refractivity contribution in [3.63, 3.8) is 0 Å². The van der Waals surface area contributed by atoms with Crippen LogP contribution in [0.5, 0.6) is 0 Å². The predicted octanol–water partition coefficient (Wildman–Crippen LogP) is 4.49. The zero-order valence-electron chi connectivity index (χ0n) is 19.8. The average Bonchev–Trinajstić information content (AvgIpc) is 3.10. The molecule has 3 rings (SSSR count). The molecule has 6 atom stereocenters. The molecule has 0 aromatic heterocycles. The Morgan fingerprint density at radius 1 is 1.07 bits per heavy atom.